The molecule has 0 atom stereocenters. The molecule has 0 spiro atoms. The second kappa shape index (κ2) is 12.9. The Hall–Kier alpha value is -7.30. The van der Waals surface area contributed by atoms with E-state index in [2.05, 4.69) is 172 Å². The smallest absolute Gasteiger partial charge is 0.178 e. The molecule has 1 aromatic heterocycles. The highest BCUT2D eigenvalue weighted by atomic mass is 16.6. The zero-order valence-electron chi connectivity index (χ0n) is 31.5. The normalized spacial score (nSPS) is 13.2. The molecule has 4 heteroatoms. The highest BCUT2D eigenvalue weighted by Crippen LogP contribution is 2.59. The molecule has 0 saturated carbocycles. The van der Waals surface area contributed by atoms with E-state index in [-0.39, 0.29) is 5.41 Å². The Balaban J connectivity index is 1.04. The monoisotopic (exact) mass is 732 g/mol. The molecule has 2 heterocycles. The summed E-state index contributed by atoms with van der Waals surface area (Å²) >= 11 is 0. The van der Waals surface area contributed by atoms with E-state index >= 15 is 0 Å². The molecule has 8 aromatic carbocycles. The average molecular weight is 733 g/mol. The van der Waals surface area contributed by atoms with Crippen molar-refractivity contribution in [2.24, 2.45) is 0 Å². The van der Waals surface area contributed by atoms with Crippen molar-refractivity contribution in [2.75, 3.05) is 0 Å². The Bertz CT molecular complexity index is 3040. The van der Waals surface area contributed by atoms with Crippen molar-refractivity contribution in [1.29, 1.82) is 0 Å². The minimum atomic E-state index is -0.151. The van der Waals surface area contributed by atoms with E-state index in [1.807, 2.05) is 24.3 Å². The maximum atomic E-state index is 6.98. The molecule has 0 unspecified atom stereocenters. The lowest BCUT2D eigenvalue weighted by molar-refractivity contribution is 0.361. The number of rotatable bonds is 5. The Morgan fingerprint density at radius 3 is 1.82 bits per heavy atom. The first-order valence-corrected chi connectivity index (χ1v) is 19.4. The summed E-state index contributed by atoms with van der Waals surface area (Å²) in [5, 5.41) is 2.32. The van der Waals surface area contributed by atoms with Gasteiger partial charge in [0.05, 0.1) is 11.4 Å². The molecular formula is C53H36N2O2. The number of benzene rings is 8. The van der Waals surface area contributed by atoms with Gasteiger partial charge in [-0.2, -0.15) is 0 Å². The summed E-state index contributed by atoms with van der Waals surface area (Å²) in [5.41, 5.74) is 13.7. The molecule has 11 rings (SSSR count). The van der Waals surface area contributed by atoms with Crippen molar-refractivity contribution in [1.82, 2.24) is 9.97 Å². The van der Waals surface area contributed by atoms with Crippen LogP contribution in [0.15, 0.2) is 182 Å². The quantitative estimate of drug-likeness (QED) is 0.177. The van der Waals surface area contributed by atoms with Gasteiger partial charge in [-0.1, -0.05) is 172 Å². The van der Waals surface area contributed by atoms with E-state index in [9.17, 15) is 0 Å². The van der Waals surface area contributed by atoms with Gasteiger partial charge in [0.15, 0.2) is 28.8 Å². The van der Waals surface area contributed by atoms with Crippen LogP contribution in [0.25, 0.3) is 78.1 Å². The van der Waals surface area contributed by atoms with Crippen molar-refractivity contribution in [3.8, 4) is 90.3 Å². The lowest BCUT2D eigenvalue weighted by Gasteiger charge is -2.26. The third-order valence-electron chi connectivity index (χ3n) is 11.6. The van der Waals surface area contributed by atoms with Gasteiger partial charge in [-0.3, -0.25) is 0 Å². The van der Waals surface area contributed by atoms with Crippen molar-refractivity contribution in [2.45, 2.75) is 19.3 Å². The number of ether oxygens (including phenoxy) is 2. The highest BCUT2D eigenvalue weighted by molar-refractivity contribution is 6.04. The third-order valence-corrected chi connectivity index (χ3v) is 11.6. The Morgan fingerprint density at radius 2 is 1.00 bits per heavy atom. The molecule has 0 radical (unpaired) electrons. The van der Waals surface area contributed by atoms with Crippen LogP contribution < -0.4 is 9.47 Å². The summed E-state index contributed by atoms with van der Waals surface area (Å²) in [7, 11) is 0. The van der Waals surface area contributed by atoms with Gasteiger partial charge in [-0.15, -0.1) is 0 Å². The fraction of sp³-hybridized carbons (Fsp3) is 0.0566. The third kappa shape index (κ3) is 5.37. The summed E-state index contributed by atoms with van der Waals surface area (Å²) in [6.45, 7) is 4.56. The molecule has 0 bridgehead atoms. The van der Waals surface area contributed by atoms with E-state index in [1.165, 1.54) is 33.2 Å². The van der Waals surface area contributed by atoms with E-state index in [4.69, 9.17) is 19.4 Å². The minimum Gasteiger partial charge on any atom is -0.449 e. The second-order valence-electron chi connectivity index (χ2n) is 15.3. The molecule has 1 aliphatic heterocycles. The number of hydrogen-bond acceptors (Lipinski definition) is 4. The van der Waals surface area contributed by atoms with Crippen LogP contribution in [0, 0.1) is 0 Å². The maximum absolute atomic E-state index is 6.98. The van der Waals surface area contributed by atoms with E-state index in [0.29, 0.717) is 17.3 Å². The Kier molecular flexibility index (Phi) is 7.48. The number of para-hydroxylation sites is 1. The molecule has 9 aromatic rings. The molecule has 0 fully saturated rings. The lowest BCUT2D eigenvalue weighted by Crippen LogP contribution is -2.15. The number of hydrogen-bond donors (Lipinski definition) is 0. The fourth-order valence-electron chi connectivity index (χ4n) is 8.76. The molecule has 57 heavy (non-hydrogen) atoms. The lowest BCUT2D eigenvalue weighted by atomic mass is 9.82. The summed E-state index contributed by atoms with van der Waals surface area (Å²) in [5.74, 6) is 3.51. The van der Waals surface area contributed by atoms with Gasteiger partial charge in [0.2, 0.25) is 0 Å². The summed E-state index contributed by atoms with van der Waals surface area (Å²) in [6, 6.07) is 63.4. The van der Waals surface area contributed by atoms with Crippen LogP contribution in [0.3, 0.4) is 0 Å². The van der Waals surface area contributed by atoms with Crippen LogP contribution >= 0.6 is 0 Å². The highest BCUT2D eigenvalue weighted by Gasteiger charge is 2.39. The number of nitrogens with zero attached hydrogens (tertiary/aromatic N) is 2. The van der Waals surface area contributed by atoms with Crippen LogP contribution in [-0.4, -0.2) is 9.97 Å². The van der Waals surface area contributed by atoms with E-state index in [0.717, 1.165) is 61.7 Å². The van der Waals surface area contributed by atoms with Crippen LogP contribution in [-0.2, 0) is 5.41 Å². The molecule has 4 nitrogen and oxygen atoms in total. The molecule has 0 N–H and O–H groups in total. The van der Waals surface area contributed by atoms with Crippen LogP contribution in [0.2, 0.25) is 0 Å². The summed E-state index contributed by atoms with van der Waals surface area (Å²) < 4.78 is 13.6. The summed E-state index contributed by atoms with van der Waals surface area (Å²) in [4.78, 5) is 10.5. The predicted molar refractivity (Wildman–Crippen MR) is 231 cm³/mol. The molecule has 2 aliphatic rings. The standard InChI is InChI=1S/C53H36N2O2/c1-53(2)43-25-12-11-23-42(43)49-44(53)29-30-48-51(49)57-50-38(24-14-26-47(50)56-48)35-19-13-20-36(31-35)52-54-45(34-17-7-4-8-18-34)32-46(55-52)41-28-27-37(33-15-5-3-6-16-33)39-21-9-10-22-40(39)41/h3-32H,1-2H3. The zero-order valence-corrected chi connectivity index (χ0v) is 31.5. The van der Waals surface area contributed by atoms with E-state index in [1.54, 1.807) is 0 Å². The Morgan fingerprint density at radius 1 is 0.386 bits per heavy atom. The largest absolute Gasteiger partial charge is 0.449 e. The van der Waals surface area contributed by atoms with Gasteiger partial charge >= 0.3 is 0 Å². The van der Waals surface area contributed by atoms with Crippen LogP contribution in [0.5, 0.6) is 23.0 Å². The van der Waals surface area contributed by atoms with Crippen molar-refractivity contribution in [3.05, 3.63) is 193 Å². The molecular weight excluding hydrogens is 697 g/mol. The van der Waals surface area contributed by atoms with Crippen molar-refractivity contribution in [3.63, 3.8) is 0 Å². The zero-order chi connectivity index (χ0) is 38.1. The van der Waals surface area contributed by atoms with Crippen LogP contribution in [0.4, 0.5) is 0 Å². The van der Waals surface area contributed by atoms with E-state index < -0.39 is 0 Å². The molecule has 0 saturated heterocycles. The second-order valence-corrected chi connectivity index (χ2v) is 15.3. The van der Waals surface area contributed by atoms with Gasteiger partial charge in [0.25, 0.3) is 0 Å². The van der Waals surface area contributed by atoms with Crippen molar-refractivity contribution >= 4 is 10.8 Å². The Labute approximate surface area is 331 Å². The molecule has 0 amide bonds. The minimum absolute atomic E-state index is 0.151. The SMILES string of the molecule is CC1(C)c2ccccc2-c2c1ccc1c2Oc2c(cccc2-c2cccc(-c3nc(-c4ccccc4)cc(-c4ccc(-c5ccccc5)c5ccccc45)n3)c2)O1. The van der Waals surface area contributed by atoms with Gasteiger partial charge < -0.3 is 9.47 Å². The van der Waals surface area contributed by atoms with Gasteiger partial charge in [0, 0.05) is 33.2 Å². The maximum Gasteiger partial charge on any atom is 0.178 e. The molecule has 1 aliphatic carbocycles. The molecule has 270 valence electrons. The first-order chi connectivity index (χ1) is 28.0. The number of fused-ring (bicyclic) bond motifs is 7. The van der Waals surface area contributed by atoms with Gasteiger partial charge in [-0.05, 0) is 68.4 Å². The van der Waals surface area contributed by atoms with Gasteiger partial charge in [0.1, 0.15) is 0 Å². The fourth-order valence-corrected chi connectivity index (χ4v) is 8.76. The number of aromatic nitrogens is 2. The van der Waals surface area contributed by atoms with Crippen LogP contribution in [0.1, 0.15) is 25.0 Å². The topological polar surface area (TPSA) is 44.2 Å². The first-order valence-electron chi connectivity index (χ1n) is 19.4. The average Bonchev–Trinajstić information content (AvgIpc) is 3.51. The predicted octanol–water partition coefficient (Wildman–Crippen LogP) is 14.2. The van der Waals surface area contributed by atoms with Crippen molar-refractivity contribution < 1.29 is 9.47 Å². The van der Waals surface area contributed by atoms with Gasteiger partial charge in [-0.25, -0.2) is 9.97 Å². The first kappa shape index (κ1) is 33.1. The summed E-state index contributed by atoms with van der Waals surface area (Å²) in [6.07, 6.45) is 0.